The number of furan rings is 1. The van der Waals surface area contributed by atoms with Crippen LogP contribution in [0.5, 0.6) is 0 Å². The molecule has 1 N–H and O–H groups in total. The Hall–Kier alpha value is -2.91. The van der Waals surface area contributed by atoms with E-state index in [-0.39, 0.29) is 11.7 Å². The molecule has 4 rings (SSSR count). The standard InChI is InChI=1S/C21H20N4O3S2/c1-11-7-13(3)16(8-12(11)2)17-9-29-20(22-17)23-18(26)10-30-21-25-24-19(28-21)15-5-6-27-14(15)4/h5-9H,10H2,1-4H3,(H,22,23,26). The maximum atomic E-state index is 12.3. The molecule has 0 bridgehead atoms. The number of nitrogens with one attached hydrogen (secondary N) is 1. The van der Waals surface area contributed by atoms with Crippen LogP contribution in [0.2, 0.25) is 0 Å². The van der Waals surface area contributed by atoms with Gasteiger partial charge in [-0.15, -0.1) is 21.5 Å². The molecule has 3 aromatic heterocycles. The van der Waals surface area contributed by atoms with Gasteiger partial charge in [0.25, 0.3) is 11.1 Å². The topological polar surface area (TPSA) is 94.1 Å². The summed E-state index contributed by atoms with van der Waals surface area (Å²) in [6, 6.07) is 6.06. The molecule has 3 heterocycles. The van der Waals surface area contributed by atoms with E-state index in [0.717, 1.165) is 22.4 Å². The Morgan fingerprint density at radius 3 is 2.67 bits per heavy atom. The van der Waals surface area contributed by atoms with Crippen molar-refractivity contribution in [3.8, 4) is 22.7 Å². The third-order valence-electron chi connectivity index (χ3n) is 4.69. The van der Waals surface area contributed by atoms with Gasteiger partial charge in [-0.3, -0.25) is 4.79 Å². The Labute approximate surface area is 181 Å². The highest BCUT2D eigenvalue weighted by atomic mass is 32.2. The molecule has 4 aromatic rings. The number of carbonyl (C=O) groups excluding carboxylic acids is 1. The molecule has 0 aliphatic rings. The first-order valence-electron chi connectivity index (χ1n) is 9.25. The second-order valence-electron chi connectivity index (χ2n) is 6.89. The van der Waals surface area contributed by atoms with E-state index in [4.69, 9.17) is 8.83 Å². The lowest BCUT2D eigenvalue weighted by atomic mass is 9.99. The van der Waals surface area contributed by atoms with Gasteiger partial charge in [-0.25, -0.2) is 4.98 Å². The first-order chi connectivity index (χ1) is 14.4. The largest absolute Gasteiger partial charge is 0.469 e. The van der Waals surface area contributed by atoms with Gasteiger partial charge in [0.2, 0.25) is 5.91 Å². The number of benzene rings is 1. The van der Waals surface area contributed by atoms with Gasteiger partial charge in [0.15, 0.2) is 5.13 Å². The molecule has 0 aliphatic carbocycles. The van der Waals surface area contributed by atoms with Crippen molar-refractivity contribution in [1.82, 2.24) is 15.2 Å². The minimum Gasteiger partial charge on any atom is -0.469 e. The normalized spacial score (nSPS) is 11.1. The van der Waals surface area contributed by atoms with Gasteiger partial charge in [0.1, 0.15) is 5.76 Å². The van der Waals surface area contributed by atoms with Crippen LogP contribution in [0.3, 0.4) is 0 Å². The van der Waals surface area contributed by atoms with Crippen molar-refractivity contribution in [2.24, 2.45) is 0 Å². The quantitative estimate of drug-likeness (QED) is 0.400. The van der Waals surface area contributed by atoms with Crippen molar-refractivity contribution < 1.29 is 13.6 Å². The molecule has 0 aliphatic heterocycles. The summed E-state index contributed by atoms with van der Waals surface area (Å²) in [5, 5.41) is 13.7. The first kappa shape index (κ1) is 20.4. The zero-order valence-corrected chi connectivity index (χ0v) is 18.6. The van der Waals surface area contributed by atoms with Gasteiger partial charge >= 0.3 is 0 Å². The van der Waals surface area contributed by atoms with E-state index in [9.17, 15) is 4.79 Å². The van der Waals surface area contributed by atoms with Crippen LogP contribution >= 0.6 is 23.1 Å². The van der Waals surface area contributed by atoms with Crippen molar-refractivity contribution in [3.63, 3.8) is 0 Å². The molecule has 0 atom stereocenters. The number of thioether (sulfide) groups is 1. The number of rotatable bonds is 6. The van der Waals surface area contributed by atoms with Gasteiger partial charge in [0.05, 0.1) is 23.3 Å². The number of amides is 1. The molecule has 1 amide bonds. The van der Waals surface area contributed by atoms with E-state index in [1.54, 1.807) is 12.3 Å². The van der Waals surface area contributed by atoms with Gasteiger partial charge in [-0.05, 0) is 56.5 Å². The summed E-state index contributed by atoms with van der Waals surface area (Å²) in [5.74, 6) is 1.03. The van der Waals surface area contributed by atoms with Crippen LogP contribution in [0.25, 0.3) is 22.7 Å². The third-order valence-corrected chi connectivity index (χ3v) is 6.27. The lowest BCUT2D eigenvalue weighted by molar-refractivity contribution is -0.113. The van der Waals surface area contributed by atoms with Gasteiger partial charge in [0, 0.05) is 10.9 Å². The maximum Gasteiger partial charge on any atom is 0.277 e. The molecule has 0 unspecified atom stereocenters. The first-order valence-corrected chi connectivity index (χ1v) is 11.1. The molecular formula is C21H20N4O3S2. The maximum absolute atomic E-state index is 12.3. The second-order valence-corrected chi connectivity index (χ2v) is 8.67. The van der Waals surface area contributed by atoms with E-state index >= 15 is 0 Å². The molecule has 30 heavy (non-hydrogen) atoms. The monoisotopic (exact) mass is 440 g/mol. The molecule has 9 heteroatoms. The zero-order chi connectivity index (χ0) is 21.3. The number of thiazole rings is 1. The molecule has 0 spiro atoms. The second kappa shape index (κ2) is 8.45. The van der Waals surface area contributed by atoms with E-state index in [2.05, 4.69) is 53.4 Å². The Balaban J connectivity index is 1.37. The lowest BCUT2D eigenvalue weighted by Crippen LogP contribution is -2.13. The van der Waals surface area contributed by atoms with Crippen LogP contribution < -0.4 is 5.32 Å². The highest BCUT2D eigenvalue weighted by molar-refractivity contribution is 7.99. The molecule has 1 aromatic carbocycles. The molecular weight excluding hydrogens is 420 g/mol. The summed E-state index contributed by atoms with van der Waals surface area (Å²) >= 11 is 2.58. The predicted molar refractivity (Wildman–Crippen MR) is 118 cm³/mol. The fraction of sp³-hybridized carbons (Fsp3) is 0.238. The van der Waals surface area contributed by atoms with Crippen LogP contribution in [0, 0.1) is 27.7 Å². The lowest BCUT2D eigenvalue weighted by Gasteiger charge is -2.07. The Morgan fingerprint density at radius 1 is 1.10 bits per heavy atom. The molecule has 154 valence electrons. The van der Waals surface area contributed by atoms with Gasteiger partial charge in [-0.1, -0.05) is 17.8 Å². The summed E-state index contributed by atoms with van der Waals surface area (Å²) in [4.78, 5) is 16.9. The zero-order valence-electron chi connectivity index (χ0n) is 17.0. The van der Waals surface area contributed by atoms with E-state index in [1.165, 1.54) is 34.2 Å². The smallest absolute Gasteiger partial charge is 0.277 e. The van der Waals surface area contributed by atoms with Crippen LogP contribution in [0.15, 0.2) is 43.9 Å². The number of aromatic nitrogens is 3. The van der Waals surface area contributed by atoms with Crippen LogP contribution in [-0.2, 0) is 4.79 Å². The van der Waals surface area contributed by atoms with Crippen molar-refractivity contribution in [1.29, 1.82) is 0 Å². The van der Waals surface area contributed by atoms with Crippen LogP contribution in [0.4, 0.5) is 5.13 Å². The number of nitrogens with zero attached hydrogens (tertiary/aromatic N) is 3. The fourth-order valence-corrected chi connectivity index (χ4v) is 4.25. The van der Waals surface area contributed by atoms with Crippen molar-refractivity contribution >= 4 is 34.1 Å². The predicted octanol–water partition coefficient (Wildman–Crippen LogP) is 5.42. The number of hydrogen-bond acceptors (Lipinski definition) is 8. The Bertz CT molecular complexity index is 1210. The highest BCUT2D eigenvalue weighted by Crippen LogP contribution is 2.30. The van der Waals surface area contributed by atoms with Crippen LogP contribution in [-0.4, -0.2) is 26.8 Å². The average Bonchev–Trinajstić information content (AvgIpc) is 3.44. The fourth-order valence-electron chi connectivity index (χ4n) is 2.96. The van der Waals surface area contributed by atoms with E-state index in [0.29, 0.717) is 22.0 Å². The summed E-state index contributed by atoms with van der Waals surface area (Å²) < 4.78 is 10.8. The summed E-state index contributed by atoms with van der Waals surface area (Å²) in [6.45, 7) is 8.07. The van der Waals surface area contributed by atoms with Gasteiger partial charge in [-0.2, -0.15) is 0 Å². The molecule has 0 saturated heterocycles. The summed E-state index contributed by atoms with van der Waals surface area (Å²) in [6.07, 6.45) is 1.57. The number of anilines is 1. The third kappa shape index (κ3) is 4.31. The van der Waals surface area contributed by atoms with E-state index in [1.807, 2.05) is 12.3 Å². The summed E-state index contributed by atoms with van der Waals surface area (Å²) in [5.41, 5.74) is 6.32. The Morgan fingerprint density at radius 2 is 1.90 bits per heavy atom. The Kier molecular flexibility index (Phi) is 5.74. The molecule has 0 radical (unpaired) electrons. The number of carbonyl (C=O) groups is 1. The molecule has 0 fully saturated rings. The summed E-state index contributed by atoms with van der Waals surface area (Å²) in [7, 11) is 0. The molecule has 0 saturated carbocycles. The SMILES string of the molecule is Cc1cc(C)c(-c2csc(NC(=O)CSc3nnc(-c4ccoc4C)o3)n2)cc1C. The molecule has 7 nitrogen and oxygen atoms in total. The van der Waals surface area contributed by atoms with Crippen molar-refractivity contribution in [2.75, 3.05) is 11.1 Å². The average molecular weight is 441 g/mol. The van der Waals surface area contributed by atoms with E-state index < -0.39 is 0 Å². The number of hydrogen-bond donors (Lipinski definition) is 1. The van der Waals surface area contributed by atoms with Crippen LogP contribution in [0.1, 0.15) is 22.5 Å². The minimum atomic E-state index is -0.183. The highest BCUT2D eigenvalue weighted by Gasteiger charge is 2.15. The van der Waals surface area contributed by atoms with Gasteiger partial charge < -0.3 is 14.2 Å². The minimum absolute atomic E-state index is 0.142. The van der Waals surface area contributed by atoms with Crippen molar-refractivity contribution in [2.45, 2.75) is 32.9 Å². The van der Waals surface area contributed by atoms with Crippen molar-refractivity contribution in [3.05, 3.63) is 52.3 Å². The number of aryl methyl sites for hydroxylation is 4.